The zero-order valence-electron chi connectivity index (χ0n) is 11.4. The summed E-state index contributed by atoms with van der Waals surface area (Å²) in [5.41, 5.74) is 0.469. The molecule has 1 saturated heterocycles. The van der Waals surface area contributed by atoms with Gasteiger partial charge in [0.2, 0.25) is 10.0 Å². The molecule has 5 heteroatoms. The molecule has 1 aromatic rings. The molecule has 106 valence electrons. The number of aliphatic hydroxyl groups excluding tert-OH is 1. The second kappa shape index (κ2) is 5.61. The molecule has 0 saturated carbocycles. The molecule has 0 amide bonds. The number of hydrogen-bond donors (Lipinski definition) is 1. The average molecular weight is 283 g/mol. The molecule has 1 heterocycles. The van der Waals surface area contributed by atoms with Gasteiger partial charge in [-0.3, -0.25) is 0 Å². The van der Waals surface area contributed by atoms with Crippen LogP contribution in [0.4, 0.5) is 0 Å². The molecule has 0 aliphatic carbocycles. The molecule has 1 fully saturated rings. The minimum Gasteiger partial charge on any atom is -0.392 e. The maximum absolute atomic E-state index is 12.8. The highest BCUT2D eigenvalue weighted by Crippen LogP contribution is 2.33. The monoisotopic (exact) mass is 283 g/mol. The van der Waals surface area contributed by atoms with Gasteiger partial charge in [0.25, 0.3) is 0 Å². The van der Waals surface area contributed by atoms with Gasteiger partial charge < -0.3 is 5.11 Å². The third-order valence-corrected chi connectivity index (χ3v) is 6.05. The normalized spacial score (nSPS) is 24.8. The van der Waals surface area contributed by atoms with E-state index < -0.39 is 10.0 Å². The third kappa shape index (κ3) is 2.55. The molecule has 2 atom stereocenters. The summed E-state index contributed by atoms with van der Waals surface area (Å²) >= 11 is 0. The van der Waals surface area contributed by atoms with Crippen molar-refractivity contribution in [2.75, 3.05) is 0 Å². The average Bonchev–Trinajstić information content (AvgIpc) is 2.80. The molecule has 0 bridgehead atoms. The summed E-state index contributed by atoms with van der Waals surface area (Å²) in [5.74, 6) is 0. The van der Waals surface area contributed by atoms with Crippen LogP contribution in [0.5, 0.6) is 0 Å². The van der Waals surface area contributed by atoms with Crippen LogP contribution < -0.4 is 0 Å². The van der Waals surface area contributed by atoms with Gasteiger partial charge in [0.15, 0.2) is 0 Å². The first-order valence-electron chi connectivity index (χ1n) is 6.74. The van der Waals surface area contributed by atoms with Gasteiger partial charge in [-0.05, 0) is 37.8 Å². The highest BCUT2D eigenvalue weighted by atomic mass is 32.2. The standard InChI is InChI=1S/C14H21NO3S/c1-3-13-9-8-11(2)15(13)19(17,18)14-7-5-4-6-12(14)10-16/h4-7,11,13,16H,3,8-10H2,1-2H3. The first kappa shape index (κ1) is 14.5. The van der Waals surface area contributed by atoms with E-state index in [9.17, 15) is 13.5 Å². The summed E-state index contributed by atoms with van der Waals surface area (Å²) < 4.78 is 27.2. The fourth-order valence-corrected chi connectivity index (χ4v) is 5.03. The maximum Gasteiger partial charge on any atom is 0.243 e. The van der Waals surface area contributed by atoms with Crippen LogP contribution in [0.1, 0.15) is 38.7 Å². The molecule has 4 nitrogen and oxygen atoms in total. The Kier molecular flexibility index (Phi) is 4.28. The van der Waals surface area contributed by atoms with Crippen molar-refractivity contribution in [3.8, 4) is 0 Å². The lowest BCUT2D eigenvalue weighted by molar-refractivity contribution is 0.277. The van der Waals surface area contributed by atoms with Gasteiger partial charge in [-0.25, -0.2) is 8.42 Å². The molecule has 0 radical (unpaired) electrons. The Balaban J connectivity index is 2.47. The highest BCUT2D eigenvalue weighted by molar-refractivity contribution is 7.89. The summed E-state index contributed by atoms with van der Waals surface area (Å²) in [4.78, 5) is 0.240. The summed E-state index contributed by atoms with van der Waals surface area (Å²) in [6.07, 6.45) is 2.64. The molecular weight excluding hydrogens is 262 g/mol. The minimum atomic E-state index is -3.52. The number of aliphatic hydroxyl groups is 1. The van der Waals surface area contributed by atoms with Crippen LogP contribution in [-0.4, -0.2) is 29.9 Å². The van der Waals surface area contributed by atoms with Crippen molar-refractivity contribution in [3.63, 3.8) is 0 Å². The fourth-order valence-electron chi connectivity index (χ4n) is 2.86. The summed E-state index contributed by atoms with van der Waals surface area (Å²) in [6, 6.07) is 6.80. The van der Waals surface area contributed by atoms with Crippen LogP contribution >= 0.6 is 0 Å². The van der Waals surface area contributed by atoms with Crippen molar-refractivity contribution < 1.29 is 13.5 Å². The van der Waals surface area contributed by atoms with Gasteiger partial charge >= 0.3 is 0 Å². The fraction of sp³-hybridized carbons (Fsp3) is 0.571. The van der Waals surface area contributed by atoms with Crippen molar-refractivity contribution in [2.24, 2.45) is 0 Å². The first-order valence-corrected chi connectivity index (χ1v) is 8.18. The Hall–Kier alpha value is -0.910. The maximum atomic E-state index is 12.8. The van der Waals surface area contributed by atoms with Crippen LogP contribution in [0.2, 0.25) is 0 Å². The van der Waals surface area contributed by atoms with Gasteiger partial charge in [-0.1, -0.05) is 25.1 Å². The van der Waals surface area contributed by atoms with Gasteiger partial charge in [0, 0.05) is 12.1 Å². The number of hydrogen-bond acceptors (Lipinski definition) is 3. The van der Waals surface area contributed by atoms with E-state index in [-0.39, 0.29) is 23.6 Å². The molecule has 2 rings (SSSR count). The van der Waals surface area contributed by atoms with Gasteiger partial charge in [0.1, 0.15) is 0 Å². The third-order valence-electron chi connectivity index (χ3n) is 3.88. The van der Waals surface area contributed by atoms with Gasteiger partial charge in [0.05, 0.1) is 11.5 Å². The van der Waals surface area contributed by atoms with Crippen LogP contribution in [-0.2, 0) is 16.6 Å². The van der Waals surface area contributed by atoms with Crippen molar-refractivity contribution in [3.05, 3.63) is 29.8 Å². The first-order chi connectivity index (χ1) is 9.02. The van der Waals surface area contributed by atoms with Crippen molar-refractivity contribution in [1.82, 2.24) is 4.31 Å². The summed E-state index contributed by atoms with van der Waals surface area (Å²) in [6.45, 7) is 3.71. The molecular formula is C14H21NO3S. The minimum absolute atomic E-state index is 0.0294. The van der Waals surface area contributed by atoms with Crippen molar-refractivity contribution in [1.29, 1.82) is 0 Å². The molecule has 1 aliphatic rings. The highest BCUT2D eigenvalue weighted by Gasteiger charge is 2.39. The van der Waals surface area contributed by atoms with E-state index in [1.165, 1.54) is 0 Å². The van der Waals surface area contributed by atoms with Gasteiger partial charge in [-0.2, -0.15) is 4.31 Å². The number of rotatable bonds is 4. The number of nitrogens with zero attached hydrogens (tertiary/aromatic N) is 1. The Bertz CT molecular complexity index is 541. The second-order valence-corrected chi connectivity index (χ2v) is 6.90. The summed E-state index contributed by atoms with van der Waals surface area (Å²) in [5, 5.41) is 9.33. The number of benzene rings is 1. The Morgan fingerprint density at radius 2 is 2.00 bits per heavy atom. The predicted molar refractivity (Wildman–Crippen MR) is 74.2 cm³/mol. The van der Waals surface area contributed by atoms with Crippen LogP contribution in [0.25, 0.3) is 0 Å². The van der Waals surface area contributed by atoms with E-state index in [0.29, 0.717) is 5.56 Å². The van der Waals surface area contributed by atoms with Gasteiger partial charge in [-0.15, -0.1) is 0 Å². The Labute approximate surface area is 115 Å². The quantitative estimate of drug-likeness (QED) is 0.921. The number of sulfonamides is 1. The summed E-state index contributed by atoms with van der Waals surface area (Å²) in [7, 11) is -3.52. The molecule has 0 spiro atoms. The Morgan fingerprint density at radius 3 is 2.63 bits per heavy atom. The van der Waals surface area contributed by atoms with Crippen molar-refractivity contribution in [2.45, 2.75) is 56.7 Å². The largest absolute Gasteiger partial charge is 0.392 e. The lowest BCUT2D eigenvalue weighted by Crippen LogP contribution is -2.40. The van der Waals surface area contributed by atoms with E-state index >= 15 is 0 Å². The zero-order valence-corrected chi connectivity index (χ0v) is 12.2. The van der Waals surface area contributed by atoms with E-state index in [4.69, 9.17) is 0 Å². The van der Waals surface area contributed by atoms with E-state index in [1.807, 2.05) is 13.8 Å². The lowest BCUT2D eigenvalue weighted by atomic mass is 10.2. The molecule has 19 heavy (non-hydrogen) atoms. The zero-order chi connectivity index (χ0) is 14.0. The lowest BCUT2D eigenvalue weighted by Gasteiger charge is -2.27. The van der Waals surface area contributed by atoms with E-state index in [1.54, 1.807) is 28.6 Å². The topological polar surface area (TPSA) is 57.6 Å². The molecule has 1 aliphatic heterocycles. The molecule has 1 aromatic carbocycles. The van der Waals surface area contributed by atoms with Crippen LogP contribution in [0.3, 0.4) is 0 Å². The van der Waals surface area contributed by atoms with Crippen LogP contribution in [0.15, 0.2) is 29.2 Å². The molecule has 2 unspecified atom stereocenters. The smallest absolute Gasteiger partial charge is 0.243 e. The molecule has 1 N–H and O–H groups in total. The predicted octanol–water partition coefficient (Wildman–Crippen LogP) is 2.13. The van der Waals surface area contributed by atoms with E-state index in [0.717, 1.165) is 19.3 Å². The second-order valence-electron chi connectivity index (χ2n) is 5.09. The molecule has 0 aromatic heterocycles. The van der Waals surface area contributed by atoms with E-state index in [2.05, 4.69) is 0 Å². The van der Waals surface area contributed by atoms with Crippen LogP contribution in [0, 0.1) is 0 Å². The van der Waals surface area contributed by atoms with Crippen molar-refractivity contribution >= 4 is 10.0 Å². The SMILES string of the molecule is CCC1CCC(C)N1S(=O)(=O)c1ccccc1CO. The Morgan fingerprint density at radius 1 is 1.32 bits per heavy atom.